The Morgan fingerprint density at radius 3 is 2.41 bits per heavy atom. The lowest BCUT2D eigenvalue weighted by atomic mass is 10.0. The second kappa shape index (κ2) is 8.22. The van der Waals surface area contributed by atoms with Gasteiger partial charge in [0.05, 0.1) is 5.56 Å². The Balaban J connectivity index is 1.97. The maximum absolute atomic E-state index is 12.8. The van der Waals surface area contributed by atoms with Crippen LogP contribution in [0.5, 0.6) is 0 Å². The number of amides is 1. The molecule has 0 bridgehead atoms. The smallest absolute Gasteiger partial charge is 0.355 e. The highest BCUT2D eigenvalue weighted by atomic mass is 19.4. The van der Waals surface area contributed by atoms with Crippen molar-refractivity contribution in [2.24, 2.45) is 12.1 Å². The van der Waals surface area contributed by atoms with E-state index >= 15 is 0 Å². The van der Waals surface area contributed by atoms with Crippen LogP contribution >= 0.6 is 0 Å². The number of anilines is 2. The summed E-state index contributed by atoms with van der Waals surface area (Å²) >= 11 is 0. The number of carbonyl (C=O) groups is 1. The van der Waals surface area contributed by atoms with Crippen LogP contribution in [0.4, 0.5) is 24.5 Å². The van der Waals surface area contributed by atoms with Crippen LogP contribution in [0, 0.1) is 0 Å². The van der Waals surface area contributed by atoms with Crippen LogP contribution in [0.15, 0.2) is 72.0 Å². The molecule has 1 N–H and O–H groups in total. The first-order valence-electron chi connectivity index (χ1n) is 8.71. The normalized spacial score (nSPS) is 12.0. The third-order valence-electron chi connectivity index (χ3n) is 4.27. The molecule has 1 heterocycles. The summed E-state index contributed by atoms with van der Waals surface area (Å²) in [6, 6.07) is 16.0. The zero-order chi connectivity index (χ0) is 21.0. The Labute approximate surface area is 165 Å². The van der Waals surface area contributed by atoms with Gasteiger partial charge in [0.25, 0.3) is 0 Å². The first kappa shape index (κ1) is 20.2. The number of hydrogen-bond acceptors (Lipinski definition) is 3. The van der Waals surface area contributed by atoms with Gasteiger partial charge in [-0.15, -0.1) is 0 Å². The van der Waals surface area contributed by atoms with Crippen LogP contribution in [0.25, 0.3) is 11.1 Å². The molecule has 0 aliphatic rings. The topological polar surface area (TPSA) is 49.6 Å². The van der Waals surface area contributed by atoms with E-state index in [1.807, 2.05) is 49.6 Å². The summed E-state index contributed by atoms with van der Waals surface area (Å²) in [5, 5.41) is 8.55. The van der Waals surface area contributed by atoms with Gasteiger partial charge in [0.2, 0.25) is 6.41 Å². The van der Waals surface area contributed by atoms with E-state index in [2.05, 4.69) is 10.4 Å². The van der Waals surface area contributed by atoms with Crippen molar-refractivity contribution in [3.63, 3.8) is 0 Å². The maximum Gasteiger partial charge on any atom is 0.416 e. The van der Waals surface area contributed by atoms with E-state index in [9.17, 15) is 18.0 Å². The number of halogens is 3. The van der Waals surface area contributed by atoms with Gasteiger partial charge in [-0.05, 0) is 48.0 Å². The summed E-state index contributed by atoms with van der Waals surface area (Å²) in [5.74, 6) is 0. The number of aromatic nitrogens is 1. The highest BCUT2D eigenvalue weighted by molar-refractivity contribution is 5.80. The van der Waals surface area contributed by atoms with Gasteiger partial charge in [0, 0.05) is 37.2 Å². The number of hydrogen-bond donors (Lipinski definition) is 1. The SMILES string of the molecule is CN(C=O)/N=c1/cc(-c2ccccc2Nc2ccc(C(F)(F)F)cc2)ccn1C. The molecule has 0 saturated carbocycles. The largest absolute Gasteiger partial charge is 0.416 e. The van der Waals surface area contributed by atoms with Gasteiger partial charge in [0.15, 0.2) is 5.49 Å². The minimum absolute atomic E-state index is 0.539. The van der Waals surface area contributed by atoms with Crippen LogP contribution in [-0.4, -0.2) is 23.0 Å². The van der Waals surface area contributed by atoms with Gasteiger partial charge in [0.1, 0.15) is 0 Å². The summed E-state index contributed by atoms with van der Waals surface area (Å²) in [6.07, 6.45) is -1.95. The van der Waals surface area contributed by atoms with Crippen molar-refractivity contribution in [2.75, 3.05) is 12.4 Å². The van der Waals surface area contributed by atoms with Crippen molar-refractivity contribution < 1.29 is 18.0 Å². The summed E-state index contributed by atoms with van der Waals surface area (Å²) in [5.41, 5.74) is 2.83. The molecule has 0 aliphatic carbocycles. The Morgan fingerprint density at radius 2 is 1.76 bits per heavy atom. The number of pyridine rings is 1. The fraction of sp³-hybridized carbons (Fsp3) is 0.143. The van der Waals surface area contributed by atoms with Gasteiger partial charge < -0.3 is 9.88 Å². The number of rotatable bonds is 5. The quantitative estimate of drug-likeness (QED) is 0.511. The summed E-state index contributed by atoms with van der Waals surface area (Å²) in [6.45, 7) is 0. The van der Waals surface area contributed by atoms with Gasteiger partial charge in [-0.25, -0.2) is 5.01 Å². The van der Waals surface area contributed by atoms with Gasteiger partial charge >= 0.3 is 6.18 Å². The van der Waals surface area contributed by atoms with Crippen molar-refractivity contribution in [3.8, 4) is 11.1 Å². The molecule has 0 aliphatic heterocycles. The molecule has 5 nitrogen and oxygen atoms in total. The monoisotopic (exact) mass is 400 g/mol. The molecule has 150 valence electrons. The summed E-state index contributed by atoms with van der Waals surface area (Å²) in [4.78, 5) is 10.9. The van der Waals surface area contributed by atoms with E-state index in [0.717, 1.165) is 28.9 Å². The minimum Gasteiger partial charge on any atom is -0.355 e. The van der Waals surface area contributed by atoms with Crippen molar-refractivity contribution in [2.45, 2.75) is 6.18 Å². The lowest BCUT2D eigenvalue weighted by Gasteiger charge is -2.14. The third-order valence-corrected chi connectivity index (χ3v) is 4.27. The number of nitrogens with zero attached hydrogens (tertiary/aromatic N) is 3. The number of alkyl halides is 3. The number of aryl methyl sites for hydroxylation is 1. The second-order valence-corrected chi connectivity index (χ2v) is 6.41. The zero-order valence-corrected chi connectivity index (χ0v) is 15.8. The molecule has 0 unspecified atom stereocenters. The first-order chi connectivity index (χ1) is 13.8. The molecular weight excluding hydrogens is 381 g/mol. The summed E-state index contributed by atoms with van der Waals surface area (Å²) in [7, 11) is 3.35. The van der Waals surface area contributed by atoms with E-state index in [1.54, 1.807) is 11.6 Å². The Hall–Kier alpha value is -3.55. The number of benzene rings is 2. The Morgan fingerprint density at radius 1 is 1.07 bits per heavy atom. The molecule has 0 atom stereocenters. The van der Waals surface area contributed by atoms with Crippen molar-refractivity contribution >= 4 is 17.8 Å². The average Bonchev–Trinajstić information content (AvgIpc) is 2.70. The zero-order valence-electron chi connectivity index (χ0n) is 15.8. The standard InChI is InChI=1S/C21H19F3N4O/c1-27-12-11-15(13-20(27)26-28(2)14-29)18-5-3-4-6-19(18)25-17-9-7-16(8-10-17)21(22,23)24/h3-14,25H,1-2H3/b26-20-. The average molecular weight is 400 g/mol. The predicted molar refractivity (Wildman–Crippen MR) is 105 cm³/mol. The first-order valence-corrected chi connectivity index (χ1v) is 8.71. The molecule has 1 amide bonds. The fourth-order valence-corrected chi connectivity index (χ4v) is 2.75. The van der Waals surface area contributed by atoms with Crippen LogP contribution in [0.2, 0.25) is 0 Å². The molecule has 0 radical (unpaired) electrons. The van der Waals surface area contributed by atoms with Crippen LogP contribution in [0.1, 0.15) is 5.56 Å². The van der Waals surface area contributed by atoms with E-state index in [4.69, 9.17) is 0 Å². The fourth-order valence-electron chi connectivity index (χ4n) is 2.75. The van der Waals surface area contributed by atoms with E-state index < -0.39 is 11.7 Å². The molecule has 3 rings (SSSR count). The molecule has 8 heteroatoms. The van der Waals surface area contributed by atoms with E-state index in [0.29, 0.717) is 17.6 Å². The Bertz CT molecular complexity index is 1070. The second-order valence-electron chi connectivity index (χ2n) is 6.41. The molecule has 2 aromatic carbocycles. The van der Waals surface area contributed by atoms with E-state index in [1.165, 1.54) is 17.1 Å². The molecule has 1 aromatic heterocycles. The van der Waals surface area contributed by atoms with Crippen molar-refractivity contribution in [1.82, 2.24) is 9.58 Å². The van der Waals surface area contributed by atoms with Gasteiger partial charge in [-0.2, -0.15) is 18.3 Å². The lowest BCUT2D eigenvalue weighted by molar-refractivity contribution is -0.137. The van der Waals surface area contributed by atoms with Gasteiger partial charge in [-0.1, -0.05) is 18.2 Å². The maximum atomic E-state index is 12.8. The Kier molecular flexibility index (Phi) is 5.72. The van der Waals surface area contributed by atoms with Crippen LogP contribution in [-0.2, 0) is 18.0 Å². The molecule has 0 fully saturated rings. The molecule has 0 spiro atoms. The highest BCUT2D eigenvalue weighted by Gasteiger charge is 2.29. The van der Waals surface area contributed by atoms with Crippen molar-refractivity contribution in [3.05, 3.63) is 77.9 Å². The highest BCUT2D eigenvalue weighted by Crippen LogP contribution is 2.32. The van der Waals surface area contributed by atoms with Gasteiger partial charge in [-0.3, -0.25) is 4.79 Å². The predicted octanol–water partition coefficient (Wildman–Crippen LogP) is 4.36. The lowest BCUT2D eigenvalue weighted by Crippen LogP contribution is -2.22. The van der Waals surface area contributed by atoms with Crippen LogP contribution < -0.4 is 10.8 Å². The number of carbonyl (C=O) groups excluding carboxylic acids is 1. The van der Waals surface area contributed by atoms with Crippen LogP contribution in [0.3, 0.4) is 0 Å². The number of nitrogens with one attached hydrogen (secondary N) is 1. The van der Waals surface area contributed by atoms with E-state index in [-0.39, 0.29) is 0 Å². The summed E-state index contributed by atoms with van der Waals surface area (Å²) < 4.78 is 40.1. The van der Waals surface area contributed by atoms with Crippen molar-refractivity contribution in [1.29, 1.82) is 0 Å². The minimum atomic E-state index is -4.37. The molecular formula is C21H19F3N4O. The molecule has 3 aromatic rings. The third kappa shape index (κ3) is 4.84. The molecule has 0 saturated heterocycles. The molecule has 29 heavy (non-hydrogen) atoms. The number of para-hydroxylation sites is 1.